The van der Waals surface area contributed by atoms with Gasteiger partial charge in [-0.25, -0.2) is 0 Å². The summed E-state index contributed by atoms with van der Waals surface area (Å²) < 4.78 is 0. The third kappa shape index (κ3) is 3.11. The molecule has 0 aromatic rings. The van der Waals surface area contributed by atoms with E-state index in [2.05, 4.69) is 11.8 Å². The molecule has 1 saturated heterocycles. The highest BCUT2D eigenvalue weighted by atomic mass is 16.1. The molecule has 0 N–H and O–H groups in total. The molecule has 0 amide bonds. The van der Waals surface area contributed by atoms with Gasteiger partial charge in [-0.3, -0.25) is 4.79 Å². The van der Waals surface area contributed by atoms with Gasteiger partial charge in [-0.1, -0.05) is 13.8 Å². The second-order valence-electron chi connectivity index (χ2n) is 3.94. The molecule has 0 unspecified atom stereocenters. The summed E-state index contributed by atoms with van der Waals surface area (Å²) in [6, 6.07) is 0. The summed E-state index contributed by atoms with van der Waals surface area (Å²) >= 11 is 0. The second kappa shape index (κ2) is 5.38. The zero-order chi connectivity index (χ0) is 9.68. The first-order valence-electron chi connectivity index (χ1n) is 5.53. The first-order chi connectivity index (χ1) is 6.27. The van der Waals surface area contributed by atoms with Crippen molar-refractivity contribution in [2.75, 3.05) is 19.6 Å². The van der Waals surface area contributed by atoms with Crippen LogP contribution in [0.25, 0.3) is 0 Å². The van der Waals surface area contributed by atoms with Crippen LogP contribution in [0.3, 0.4) is 0 Å². The summed E-state index contributed by atoms with van der Waals surface area (Å²) in [4.78, 5) is 13.9. The summed E-state index contributed by atoms with van der Waals surface area (Å²) in [5.74, 6) is 0.842. The summed E-state index contributed by atoms with van der Waals surface area (Å²) in [5, 5.41) is 0. The fraction of sp³-hybridized carbons (Fsp3) is 0.909. The van der Waals surface area contributed by atoms with Crippen LogP contribution in [0.1, 0.15) is 39.5 Å². The van der Waals surface area contributed by atoms with E-state index in [1.54, 1.807) is 0 Å². The highest BCUT2D eigenvalue weighted by Gasteiger charge is 2.22. The fourth-order valence-electron chi connectivity index (χ4n) is 2.08. The molecule has 0 spiro atoms. The maximum absolute atomic E-state index is 11.4. The first-order valence-corrected chi connectivity index (χ1v) is 5.53. The number of ketones is 1. The van der Waals surface area contributed by atoms with Crippen molar-refractivity contribution in [2.45, 2.75) is 39.5 Å². The molecule has 0 aliphatic carbocycles. The predicted molar refractivity (Wildman–Crippen MR) is 54.8 cm³/mol. The smallest absolute Gasteiger partial charge is 0.135 e. The number of hydrogen-bond acceptors (Lipinski definition) is 2. The molecule has 0 aromatic carbocycles. The largest absolute Gasteiger partial charge is 0.303 e. The quantitative estimate of drug-likeness (QED) is 0.665. The monoisotopic (exact) mass is 183 g/mol. The molecule has 1 fully saturated rings. The Morgan fingerprint density at radius 3 is 2.38 bits per heavy atom. The molecule has 1 rings (SSSR count). The number of rotatable bonds is 4. The molecule has 2 nitrogen and oxygen atoms in total. The molecule has 0 atom stereocenters. The topological polar surface area (TPSA) is 20.3 Å². The van der Waals surface area contributed by atoms with E-state index in [9.17, 15) is 4.79 Å². The van der Waals surface area contributed by atoms with Crippen LogP contribution >= 0.6 is 0 Å². The number of hydrogen-bond donors (Lipinski definition) is 0. The molecular weight excluding hydrogens is 162 g/mol. The molecule has 0 bridgehead atoms. The molecular formula is C11H21NO. The summed E-state index contributed by atoms with van der Waals surface area (Å²) in [7, 11) is 0. The third-order valence-corrected chi connectivity index (χ3v) is 2.93. The van der Waals surface area contributed by atoms with Gasteiger partial charge in [0.25, 0.3) is 0 Å². The molecule has 0 aromatic heterocycles. The normalized spacial score (nSPS) is 20.5. The minimum atomic E-state index is 0.373. The van der Waals surface area contributed by atoms with Gasteiger partial charge in [-0.15, -0.1) is 0 Å². The van der Waals surface area contributed by atoms with Gasteiger partial charge in [-0.2, -0.15) is 0 Å². The Kier molecular flexibility index (Phi) is 4.43. The van der Waals surface area contributed by atoms with Crippen LogP contribution in [0.4, 0.5) is 0 Å². The maximum atomic E-state index is 11.4. The van der Waals surface area contributed by atoms with E-state index in [-0.39, 0.29) is 0 Å². The standard InChI is InChI=1S/C11H21NO/c1-3-7-12-8-5-10(6-9-12)11(13)4-2/h10H,3-9H2,1-2H3. The van der Waals surface area contributed by atoms with Gasteiger partial charge in [0.05, 0.1) is 0 Å². The van der Waals surface area contributed by atoms with Gasteiger partial charge in [0, 0.05) is 12.3 Å². The molecule has 0 radical (unpaired) electrons. The van der Waals surface area contributed by atoms with Crippen LogP contribution in [-0.2, 0) is 4.79 Å². The molecule has 0 saturated carbocycles. The lowest BCUT2D eigenvalue weighted by Crippen LogP contribution is -2.36. The lowest BCUT2D eigenvalue weighted by Gasteiger charge is -2.30. The van der Waals surface area contributed by atoms with Crippen molar-refractivity contribution in [3.05, 3.63) is 0 Å². The Balaban J connectivity index is 2.26. The summed E-state index contributed by atoms with van der Waals surface area (Å²) in [6.45, 7) is 7.64. The Labute approximate surface area is 81.3 Å². The highest BCUT2D eigenvalue weighted by molar-refractivity contribution is 5.80. The van der Waals surface area contributed by atoms with Crippen molar-refractivity contribution >= 4 is 5.78 Å². The van der Waals surface area contributed by atoms with E-state index < -0.39 is 0 Å². The van der Waals surface area contributed by atoms with E-state index in [0.29, 0.717) is 11.7 Å². The lowest BCUT2D eigenvalue weighted by atomic mass is 9.91. The summed E-state index contributed by atoms with van der Waals surface area (Å²) in [5.41, 5.74) is 0. The zero-order valence-corrected chi connectivity index (χ0v) is 8.88. The van der Waals surface area contributed by atoms with E-state index in [4.69, 9.17) is 0 Å². The predicted octanol–water partition coefficient (Wildman–Crippen LogP) is 2.09. The summed E-state index contributed by atoms with van der Waals surface area (Å²) in [6.07, 6.45) is 4.13. The van der Waals surface area contributed by atoms with Gasteiger partial charge in [0.1, 0.15) is 5.78 Å². The minimum Gasteiger partial charge on any atom is -0.303 e. The second-order valence-corrected chi connectivity index (χ2v) is 3.94. The number of likely N-dealkylation sites (tertiary alicyclic amines) is 1. The number of carbonyl (C=O) groups excluding carboxylic acids is 1. The number of carbonyl (C=O) groups is 1. The van der Waals surface area contributed by atoms with Crippen molar-refractivity contribution in [3.63, 3.8) is 0 Å². The number of nitrogens with zero attached hydrogens (tertiary/aromatic N) is 1. The van der Waals surface area contributed by atoms with Crippen LogP contribution in [0.2, 0.25) is 0 Å². The average Bonchev–Trinajstić information content (AvgIpc) is 2.18. The molecule has 1 aliphatic heterocycles. The van der Waals surface area contributed by atoms with Crippen LogP contribution in [-0.4, -0.2) is 30.3 Å². The van der Waals surface area contributed by atoms with E-state index in [1.807, 2.05) is 6.92 Å². The van der Waals surface area contributed by atoms with Crippen molar-refractivity contribution in [2.24, 2.45) is 5.92 Å². The van der Waals surface area contributed by atoms with Crippen molar-refractivity contribution in [3.8, 4) is 0 Å². The Bertz CT molecular complexity index is 159. The number of Topliss-reactive ketones (excluding diaryl/α,β-unsaturated/α-hetero) is 1. The Morgan fingerprint density at radius 2 is 1.92 bits per heavy atom. The van der Waals surface area contributed by atoms with E-state index >= 15 is 0 Å². The van der Waals surface area contributed by atoms with Crippen LogP contribution in [0.15, 0.2) is 0 Å². The van der Waals surface area contributed by atoms with Gasteiger partial charge in [0.2, 0.25) is 0 Å². The molecule has 1 aliphatic rings. The molecule has 13 heavy (non-hydrogen) atoms. The number of piperidine rings is 1. The van der Waals surface area contributed by atoms with Crippen molar-refractivity contribution in [1.29, 1.82) is 0 Å². The van der Waals surface area contributed by atoms with Gasteiger partial charge in [-0.05, 0) is 38.9 Å². The Morgan fingerprint density at radius 1 is 1.31 bits per heavy atom. The molecule has 76 valence electrons. The SMILES string of the molecule is CCCN1CCC(C(=O)CC)CC1. The fourth-order valence-corrected chi connectivity index (χ4v) is 2.08. The van der Waals surface area contributed by atoms with Crippen LogP contribution < -0.4 is 0 Å². The van der Waals surface area contributed by atoms with E-state index in [0.717, 1.165) is 32.4 Å². The maximum Gasteiger partial charge on any atom is 0.135 e. The zero-order valence-electron chi connectivity index (χ0n) is 8.88. The van der Waals surface area contributed by atoms with Crippen molar-refractivity contribution in [1.82, 2.24) is 4.90 Å². The van der Waals surface area contributed by atoms with Crippen LogP contribution in [0, 0.1) is 5.92 Å². The van der Waals surface area contributed by atoms with Gasteiger partial charge >= 0.3 is 0 Å². The van der Waals surface area contributed by atoms with Gasteiger partial charge < -0.3 is 4.90 Å². The Hall–Kier alpha value is -0.370. The van der Waals surface area contributed by atoms with Crippen LogP contribution in [0.5, 0.6) is 0 Å². The van der Waals surface area contributed by atoms with Gasteiger partial charge in [0.15, 0.2) is 0 Å². The minimum absolute atomic E-state index is 0.373. The molecule has 2 heteroatoms. The average molecular weight is 183 g/mol. The highest BCUT2D eigenvalue weighted by Crippen LogP contribution is 2.19. The van der Waals surface area contributed by atoms with E-state index in [1.165, 1.54) is 13.0 Å². The van der Waals surface area contributed by atoms with Crippen molar-refractivity contribution < 1.29 is 4.79 Å². The third-order valence-electron chi connectivity index (χ3n) is 2.93. The molecule has 1 heterocycles. The lowest BCUT2D eigenvalue weighted by molar-refractivity contribution is -0.123. The first kappa shape index (κ1) is 10.7.